The first-order valence-electron chi connectivity index (χ1n) is 5.96. The number of anilines is 1. The average molecular weight is 256 g/mol. The first-order chi connectivity index (χ1) is 8.59. The third-order valence-electron chi connectivity index (χ3n) is 3.31. The van der Waals surface area contributed by atoms with Gasteiger partial charge in [0, 0.05) is 12.6 Å². The Bertz CT molecular complexity index is 460. The van der Waals surface area contributed by atoms with Crippen LogP contribution in [0.4, 0.5) is 20.2 Å². The minimum absolute atomic E-state index is 0.341. The molecule has 0 radical (unpaired) electrons. The first kappa shape index (κ1) is 12.7. The summed E-state index contributed by atoms with van der Waals surface area (Å²) in [4.78, 5) is 10.0. The molecule has 1 N–H and O–H groups in total. The van der Waals surface area contributed by atoms with Gasteiger partial charge >= 0.3 is 0 Å². The van der Waals surface area contributed by atoms with E-state index in [0.29, 0.717) is 12.5 Å². The molecule has 4 nitrogen and oxygen atoms in total. The van der Waals surface area contributed by atoms with Crippen molar-refractivity contribution in [2.45, 2.75) is 25.7 Å². The molecule has 6 heteroatoms. The third kappa shape index (κ3) is 2.57. The van der Waals surface area contributed by atoms with Crippen LogP contribution in [0.2, 0.25) is 0 Å². The van der Waals surface area contributed by atoms with Gasteiger partial charge < -0.3 is 5.32 Å². The topological polar surface area (TPSA) is 55.2 Å². The first-order valence-corrected chi connectivity index (χ1v) is 5.96. The molecular formula is C12H14F2N2O2. The van der Waals surface area contributed by atoms with Gasteiger partial charge in [-0.1, -0.05) is 12.8 Å². The van der Waals surface area contributed by atoms with Crippen LogP contribution in [-0.2, 0) is 0 Å². The van der Waals surface area contributed by atoms with Crippen molar-refractivity contribution in [3.05, 3.63) is 33.9 Å². The smallest absolute Gasteiger partial charge is 0.295 e. The number of nitro groups is 1. The lowest BCUT2D eigenvalue weighted by Crippen LogP contribution is -2.13. The van der Waals surface area contributed by atoms with Gasteiger partial charge in [-0.2, -0.15) is 0 Å². The highest BCUT2D eigenvalue weighted by Crippen LogP contribution is 2.31. The van der Waals surface area contributed by atoms with E-state index in [0.717, 1.165) is 37.8 Å². The molecule has 1 aromatic carbocycles. The number of hydrogen-bond donors (Lipinski definition) is 1. The molecule has 1 aliphatic rings. The molecule has 0 saturated heterocycles. The zero-order chi connectivity index (χ0) is 13.1. The number of nitrogens with zero attached hydrogens (tertiary/aromatic N) is 1. The van der Waals surface area contributed by atoms with Crippen LogP contribution in [0, 0.1) is 27.7 Å². The van der Waals surface area contributed by atoms with E-state index < -0.39 is 22.2 Å². The van der Waals surface area contributed by atoms with E-state index in [-0.39, 0.29) is 5.69 Å². The van der Waals surface area contributed by atoms with E-state index in [9.17, 15) is 18.9 Å². The van der Waals surface area contributed by atoms with Crippen molar-refractivity contribution in [3.63, 3.8) is 0 Å². The Morgan fingerprint density at radius 2 is 2.00 bits per heavy atom. The highest BCUT2D eigenvalue weighted by atomic mass is 19.2. The average Bonchev–Trinajstić information content (AvgIpc) is 2.83. The van der Waals surface area contributed by atoms with Crippen LogP contribution in [0.15, 0.2) is 12.1 Å². The predicted octanol–water partition coefficient (Wildman–Crippen LogP) is 3.48. The van der Waals surface area contributed by atoms with Crippen molar-refractivity contribution in [2.24, 2.45) is 5.92 Å². The van der Waals surface area contributed by atoms with Gasteiger partial charge in [0.05, 0.1) is 4.92 Å². The van der Waals surface area contributed by atoms with Gasteiger partial charge in [0.2, 0.25) is 0 Å². The van der Waals surface area contributed by atoms with Crippen molar-refractivity contribution < 1.29 is 13.7 Å². The lowest BCUT2D eigenvalue weighted by atomic mass is 10.1. The molecule has 0 unspecified atom stereocenters. The molecule has 1 aliphatic carbocycles. The van der Waals surface area contributed by atoms with Crippen LogP contribution < -0.4 is 5.32 Å². The van der Waals surface area contributed by atoms with Gasteiger partial charge in [-0.3, -0.25) is 10.1 Å². The molecule has 18 heavy (non-hydrogen) atoms. The van der Waals surface area contributed by atoms with Crippen molar-refractivity contribution in [3.8, 4) is 0 Å². The SMILES string of the molecule is O=[N+]([O-])c1ccc(F)c(F)c1NCC1CCCC1. The molecule has 0 aliphatic heterocycles. The van der Waals surface area contributed by atoms with E-state index in [2.05, 4.69) is 5.32 Å². The lowest BCUT2D eigenvalue weighted by Gasteiger charge is -2.12. The number of nitrogens with one attached hydrogen (secondary N) is 1. The number of halogens is 2. The van der Waals surface area contributed by atoms with Crippen molar-refractivity contribution in [1.29, 1.82) is 0 Å². The summed E-state index contributed by atoms with van der Waals surface area (Å²) in [7, 11) is 0. The van der Waals surface area contributed by atoms with Crippen LogP contribution in [0.1, 0.15) is 25.7 Å². The van der Waals surface area contributed by atoms with Crippen molar-refractivity contribution in [1.82, 2.24) is 0 Å². The number of benzene rings is 1. The Labute approximate surface area is 103 Å². The predicted molar refractivity (Wildman–Crippen MR) is 63.5 cm³/mol. The minimum atomic E-state index is -1.18. The molecular weight excluding hydrogens is 242 g/mol. The second-order valence-corrected chi connectivity index (χ2v) is 4.54. The van der Waals surface area contributed by atoms with E-state index >= 15 is 0 Å². The highest BCUT2D eigenvalue weighted by Gasteiger charge is 2.23. The Morgan fingerprint density at radius 3 is 2.61 bits per heavy atom. The van der Waals surface area contributed by atoms with E-state index in [1.807, 2.05) is 0 Å². The fourth-order valence-electron chi connectivity index (χ4n) is 2.32. The van der Waals surface area contributed by atoms with Gasteiger partial charge in [-0.25, -0.2) is 8.78 Å². The van der Waals surface area contributed by atoms with Crippen LogP contribution >= 0.6 is 0 Å². The largest absolute Gasteiger partial charge is 0.377 e. The summed E-state index contributed by atoms with van der Waals surface area (Å²) >= 11 is 0. The minimum Gasteiger partial charge on any atom is -0.377 e. The summed E-state index contributed by atoms with van der Waals surface area (Å²) in [6.07, 6.45) is 4.30. The van der Waals surface area contributed by atoms with Crippen LogP contribution in [-0.4, -0.2) is 11.5 Å². The Morgan fingerprint density at radius 1 is 1.33 bits per heavy atom. The molecule has 2 rings (SSSR count). The standard InChI is InChI=1S/C12H14F2N2O2/c13-9-5-6-10(16(17)18)12(11(9)14)15-7-8-3-1-2-4-8/h5-6,8,15H,1-4,7H2. The van der Waals surface area contributed by atoms with E-state index in [1.165, 1.54) is 0 Å². The summed E-state index contributed by atoms with van der Waals surface area (Å²) < 4.78 is 26.6. The second kappa shape index (κ2) is 5.29. The van der Waals surface area contributed by atoms with Gasteiger partial charge in [-0.15, -0.1) is 0 Å². The number of nitro benzene ring substituents is 1. The molecule has 0 bridgehead atoms. The number of hydrogen-bond acceptors (Lipinski definition) is 3. The maximum Gasteiger partial charge on any atom is 0.295 e. The summed E-state index contributed by atoms with van der Waals surface area (Å²) in [5, 5.41) is 13.4. The molecule has 0 spiro atoms. The fraction of sp³-hybridized carbons (Fsp3) is 0.500. The van der Waals surface area contributed by atoms with Crippen molar-refractivity contribution >= 4 is 11.4 Å². The number of rotatable bonds is 4. The van der Waals surface area contributed by atoms with Gasteiger partial charge in [0.1, 0.15) is 0 Å². The molecule has 0 amide bonds. The maximum absolute atomic E-state index is 13.6. The molecule has 1 aromatic rings. The Hall–Kier alpha value is -1.72. The molecule has 98 valence electrons. The summed E-state index contributed by atoms with van der Waals surface area (Å²) in [6.45, 7) is 0.446. The maximum atomic E-state index is 13.6. The third-order valence-corrected chi connectivity index (χ3v) is 3.31. The molecule has 0 atom stereocenters. The quantitative estimate of drug-likeness (QED) is 0.662. The fourth-order valence-corrected chi connectivity index (χ4v) is 2.32. The summed E-state index contributed by atoms with van der Waals surface area (Å²) in [5.74, 6) is -1.87. The highest BCUT2D eigenvalue weighted by molar-refractivity contribution is 5.62. The molecule has 1 saturated carbocycles. The zero-order valence-corrected chi connectivity index (χ0v) is 9.79. The molecule has 0 heterocycles. The monoisotopic (exact) mass is 256 g/mol. The molecule has 1 fully saturated rings. The van der Waals surface area contributed by atoms with Crippen LogP contribution in [0.3, 0.4) is 0 Å². The lowest BCUT2D eigenvalue weighted by molar-refractivity contribution is -0.384. The summed E-state index contributed by atoms with van der Waals surface area (Å²) in [6, 6.07) is 1.75. The Kier molecular flexibility index (Phi) is 3.74. The van der Waals surface area contributed by atoms with Crippen molar-refractivity contribution in [2.75, 3.05) is 11.9 Å². The van der Waals surface area contributed by atoms with Gasteiger partial charge in [-0.05, 0) is 24.8 Å². The van der Waals surface area contributed by atoms with Gasteiger partial charge in [0.25, 0.3) is 5.69 Å². The molecule has 0 aromatic heterocycles. The normalized spacial score (nSPS) is 15.9. The second-order valence-electron chi connectivity index (χ2n) is 4.54. The zero-order valence-electron chi connectivity index (χ0n) is 9.79. The Balaban J connectivity index is 2.18. The van der Waals surface area contributed by atoms with E-state index in [1.54, 1.807) is 0 Å². The van der Waals surface area contributed by atoms with E-state index in [4.69, 9.17) is 0 Å². The summed E-state index contributed by atoms with van der Waals surface area (Å²) in [5.41, 5.74) is -0.765. The van der Waals surface area contributed by atoms with Crippen LogP contribution in [0.5, 0.6) is 0 Å². The van der Waals surface area contributed by atoms with Gasteiger partial charge in [0.15, 0.2) is 17.3 Å². The van der Waals surface area contributed by atoms with Crippen LogP contribution in [0.25, 0.3) is 0 Å².